The van der Waals surface area contributed by atoms with Crippen LogP contribution in [0.15, 0.2) is 35.2 Å². The summed E-state index contributed by atoms with van der Waals surface area (Å²) < 4.78 is 4.56. The highest BCUT2D eigenvalue weighted by Gasteiger charge is 2.04. The van der Waals surface area contributed by atoms with Crippen molar-refractivity contribution >= 4 is 11.6 Å². The molecule has 0 unspecified atom stereocenters. The van der Waals surface area contributed by atoms with Gasteiger partial charge in [0.25, 0.3) is 0 Å². The minimum atomic E-state index is -0.0535. The standard InChI is InChI=1S/C12H14N4O2/c13-10-3-1-2-9(6-10)4-5-12(17)14-7-11-15-8-18-16-11/h1-3,6,8H,4-5,7,13H2,(H,14,17). The number of nitrogens with zero attached hydrogens (tertiary/aromatic N) is 2. The number of hydrogen-bond acceptors (Lipinski definition) is 5. The largest absolute Gasteiger partial charge is 0.399 e. The predicted octanol–water partition coefficient (Wildman–Crippen LogP) is 0.901. The van der Waals surface area contributed by atoms with Gasteiger partial charge in [-0.1, -0.05) is 17.3 Å². The van der Waals surface area contributed by atoms with E-state index in [0.29, 0.717) is 24.4 Å². The molecule has 1 aromatic heterocycles. The van der Waals surface area contributed by atoms with Crippen LogP contribution >= 0.6 is 0 Å². The van der Waals surface area contributed by atoms with Crippen molar-refractivity contribution in [2.75, 3.05) is 5.73 Å². The number of carbonyl (C=O) groups is 1. The van der Waals surface area contributed by atoms with Gasteiger partial charge in [-0.3, -0.25) is 4.79 Å². The van der Waals surface area contributed by atoms with Crippen molar-refractivity contribution in [3.63, 3.8) is 0 Å². The Kier molecular flexibility index (Phi) is 3.90. The number of hydrogen-bond donors (Lipinski definition) is 2. The van der Waals surface area contributed by atoms with Crippen molar-refractivity contribution < 1.29 is 9.32 Å². The third kappa shape index (κ3) is 3.58. The van der Waals surface area contributed by atoms with Gasteiger partial charge in [0.1, 0.15) is 0 Å². The first-order valence-corrected chi connectivity index (χ1v) is 5.60. The fourth-order valence-corrected chi connectivity index (χ4v) is 1.54. The lowest BCUT2D eigenvalue weighted by molar-refractivity contribution is -0.121. The SMILES string of the molecule is Nc1cccc(CCC(=O)NCc2ncon2)c1. The van der Waals surface area contributed by atoms with Gasteiger partial charge in [0, 0.05) is 12.1 Å². The number of nitrogens with one attached hydrogen (secondary N) is 1. The lowest BCUT2D eigenvalue weighted by atomic mass is 10.1. The van der Waals surface area contributed by atoms with Crippen LogP contribution in [0.4, 0.5) is 5.69 Å². The molecule has 1 heterocycles. The van der Waals surface area contributed by atoms with Gasteiger partial charge < -0.3 is 15.6 Å². The van der Waals surface area contributed by atoms with Gasteiger partial charge in [0.05, 0.1) is 6.54 Å². The van der Waals surface area contributed by atoms with Crippen LogP contribution < -0.4 is 11.1 Å². The third-order valence-electron chi connectivity index (χ3n) is 2.44. The van der Waals surface area contributed by atoms with Gasteiger partial charge >= 0.3 is 0 Å². The quantitative estimate of drug-likeness (QED) is 0.764. The van der Waals surface area contributed by atoms with Crippen LogP contribution in [0.25, 0.3) is 0 Å². The molecule has 2 rings (SSSR count). The predicted molar refractivity (Wildman–Crippen MR) is 65.3 cm³/mol. The molecule has 0 aliphatic heterocycles. The van der Waals surface area contributed by atoms with E-state index in [0.717, 1.165) is 5.56 Å². The first kappa shape index (κ1) is 12.1. The van der Waals surface area contributed by atoms with Crippen LogP contribution in [0.3, 0.4) is 0 Å². The Balaban J connectivity index is 1.75. The molecule has 0 saturated heterocycles. The molecule has 18 heavy (non-hydrogen) atoms. The average Bonchev–Trinajstić information content (AvgIpc) is 2.87. The number of aromatic nitrogens is 2. The van der Waals surface area contributed by atoms with E-state index < -0.39 is 0 Å². The molecule has 1 aromatic carbocycles. The molecule has 6 heteroatoms. The summed E-state index contributed by atoms with van der Waals surface area (Å²) in [6, 6.07) is 7.51. The van der Waals surface area contributed by atoms with Crippen LogP contribution in [0.2, 0.25) is 0 Å². The summed E-state index contributed by atoms with van der Waals surface area (Å²) in [7, 11) is 0. The van der Waals surface area contributed by atoms with Gasteiger partial charge in [-0.15, -0.1) is 0 Å². The fraction of sp³-hybridized carbons (Fsp3) is 0.250. The second-order valence-electron chi connectivity index (χ2n) is 3.87. The van der Waals surface area contributed by atoms with E-state index >= 15 is 0 Å². The summed E-state index contributed by atoms with van der Waals surface area (Å²) in [5.74, 6) is 0.412. The molecule has 0 fully saturated rings. The number of benzene rings is 1. The van der Waals surface area contributed by atoms with Crippen LogP contribution in [-0.2, 0) is 17.8 Å². The normalized spacial score (nSPS) is 10.2. The molecule has 0 saturated carbocycles. The first-order chi connectivity index (χ1) is 8.74. The minimum absolute atomic E-state index is 0.0535. The van der Waals surface area contributed by atoms with Crippen LogP contribution in [-0.4, -0.2) is 16.0 Å². The molecule has 94 valence electrons. The van der Waals surface area contributed by atoms with Crippen molar-refractivity contribution in [1.82, 2.24) is 15.5 Å². The molecule has 3 N–H and O–H groups in total. The average molecular weight is 246 g/mol. The van der Waals surface area contributed by atoms with E-state index in [1.165, 1.54) is 6.39 Å². The van der Waals surface area contributed by atoms with Crippen LogP contribution in [0.5, 0.6) is 0 Å². The van der Waals surface area contributed by atoms with E-state index in [-0.39, 0.29) is 12.5 Å². The number of aryl methyl sites for hydroxylation is 1. The zero-order chi connectivity index (χ0) is 12.8. The molecular weight excluding hydrogens is 232 g/mol. The molecule has 0 bridgehead atoms. The maximum absolute atomic E-state index is 11.6. The number of amides is 1. The summed E-state index contributed by atoms with van der Waals surface area (Å²) in [6.07, 6.45) is 2.29. The molecule has 2 aromatic rings. The highest BCUT2D eigenvalue weighted by atomic mass is 16.5. The first-order valence-electron chi connectivity index (χ1n) is 5.60. The van der Waals surface area contributed by atoms with Crippen molar-refractivity contribution in [1.29, 1.82) is 0 Å². The van der Waals surface area contributed by atoms with Crippen LogP contribution in [0.1, 0.15) is 17.8 Å². The van der Waals surface area contributed by atoms with Crippen molar-refractivity contribution in [3.8, 4) is 0 Å². The molecule has 0 atom stereocenters. The Morgan fingerprint density at radius 2 is 2.33 bits per heavy atom. The Bertz CT molecular complexity index is 511. The van der Waals surface area contributed by atoms with E-state index in [1.54, 1.807) is 0 Å². The number of anilines is 1. The molecule has 0 spiro atoms. The van der Waals surface area contributed by atoms with Gasteiger partial charge in [0.15, 0.2) is 5.82 Å². The molecule has 0 aliphatic rings. The second kappa shape index (κ2) is 5.81. The molecule has 1 amide bonds. The minimum Gasteiger partial charge on any atom is -0.399 e. The highest BCUT2D eigenvalue weighted by Crippen LogP contribution is 2.08. The number of nitrogens with two attached hydrogens (primary N) is 1. The van der Waals surface area contributed by atoms with Gasteiger partial charge in [-0.2, -0.15) is 4.98 Å². The molecular formula is C12H14N4O2. The molecule has 0 radical (unpaired) electrons. The molecule has 0 aliphatic carbocycles. The van der Waals surface area contributed by atoms with Gasteiger partial charge in [-0.25, -0.2) is 0 Å². The Morgan fingerprint density at radius 3 is 3.06 bits per heavy atom. The third-order valence-corrected chi connectivity index (χ3v) is 2.44. The lowest BCUT2D eigenvalue weighted by Gasteiger charge is -2.03. The Morgan fingerprint density at radius 1 is 1.44 bits per heavy atom. The second-order valence-corrected chi connectivity index (χ2v) is 3.87. The van der Waals surface area contributed by atoms with E-state index in [1.807, 2.05) is 24.3 Å². The van der Waals surface area contributed by atoms with Crippen LogP contribution in [0, 0.1) is 0 Å². The summed E-state index contributed by atoms with van der Waals surface area (Å²) in [6.45, 7) is 0.284. The maximum Gasteiger partial charge on any atom is 0.220 e. The lowest BCUT2D eigenvalue weighted by Crippen LogP contribution is -2.23. The zero-order valence-electron chi connectivity index (χ0n) is 9.80. The number of rotatable bonds is 5. The van der Waals surface area contributed by atoms with E-state index in [9.17, 15) is 4.79 Å². The van der Waals surface area contributed by atoms with E-state index in [4.69, 9.17) is 5.73 Å². The molecule has 6 nitrogen and oxygen atoms in total. The Labute approximate surface area is 104 Å². The maximum atomic E-state index is 11.6. The van der Waals surface area contributed by atoms with Gasteiger partial charge in [-0.05, 0) is 24.1 Å². The van der Waals surface area contributed by atoms with Crippen molar-refractivity contribution in [2.45, 2.75) is 19.4 Å². The van der Waals surface area contributed by atoms with Crippen molar-refractivity contribution in [2.24, 2.45) is 0 Å². The topological polar surface area (TPSA) is 94.0 Å². The monoisotopic (exact) mass is 246 g/mol. The Hall–Kier alpha value is -2.37. The van der Waals surface area contributed by atoms with E-state index in [2.05, 4.69) is 20.0 Å². The summed E-state index contributed by atoms with van der Waals surface area (Å²) in [5, 5.41) is 6.32. The summed E-state index contributed by atoms with van der Waals surface area (Å²) >= 11 is 0. The number of carbonyl (C=O) groups excluding carboxylic acids is 1. The summed E-state index contributed by atoms with van der Waals surface area (Å²) in [4.78, 5) is 15.4. The smallest absolute Gasteiger partial charge is 0.220 e. The summed E-state index contributed by atoms with van der Waals surface area (Å²) in [5.41, 5.74) is 7.41. The number of nitrogen functional groups attached to an aromatic ring is 1. The van der Waals surface area contributed by atoms with Crippen molar-refractivity contribution in [3.05, 3.63) is 42.0 Å². The highest BCUT2D eigenvalue weighted by molar-refractivity contribution is 5.76. The zero-order valence-corrected chi connectivity index (χ0v) is 9.80. The van der Waals surface area contributed by atoms with Gasteiger partial charge in [0.2, 0.25) is 12.3 Å². The fourth-order valence-electron chi connectivity index (χ4n) is 1.54.